The summed E-state index contributed by atoms with van der Waals surface area (Å²) in [6.45, 7) is 0.376. The zero-order valence-corrected chi connectivity index (χ0v) is 17.0. The number of aliphatic hydroxyl groups is 1. The van der Waals surface area contributed by atoms with Gasteiger partial charge in [-0.15, -0.1) is 11.3 Å². The Bertz CT molecular complexity index is 1060. The fourth-order valence-electron chi connectivity index (χ4n) is 3.54. The molecule has 0 aliphatic carbocycles. The Kier molecular flexibility index (Phi) is 5.51. The summed E-state index contributed by atoms with van der Waals surface area (Å²) in [5, 5.41) is 13.0. The first kappa shape index (κ1) is 19.4. The van der Waals surface area contributed by atoms with Gasteiger partial charge in [0.05, 0.1) is 16.5 Å². The van der Waals surface area contributed by atoms with Crippen LogP contribution in [0, 0.1) is 0 Å². The molecule has 2 aromatic carbocycles. The van der Waals surface area contributed by atoms with Crippen molar-refractivity contribution in [1.82, 2.24) is 4.90 Å². The Morgan fingerprint density at radius 3 is 2.41 bits per heavy atom. The highest BCUT2D eigenvalue weighted by atomic mass is 35.5. The molecule has 1 aliphatic rings. The number of rotatable bonds is 6. The van der Waals surface area contributed by atoms with Gasteiger partial charge in [-0.05, 0) is 41.1 Å². The molecule has 146 valence electrons. The van der Waals surface area contributed by atoms with Crippen LogP contribution in [0.1, 0.15) is 26.8 Å². The van der Waals surface area contributed by atoms with E-state index in [2.05, 4.69) is 0 Å². The number of thiophene rings is 1. The standard InChI is InChI=1S/C23H18ClNO3S/c24-17-10-8-16(9-11-17)20-19(21(26)18-7-4-14-29-18)22(27)23(28)25(20)13-12-15-5-2-1-3-6-15/h1-11,14,20,27H,12-13H2/t20-/m1/s1. The molecule has 1 aromatic heterocycles. The lowest BCUT2D eigenvalue weighted by atomic mass is 9.95. The van der Waals surface area contributed by atoms with Gasteiger partial charge in [-0.1, -0.05) is 60.1 Å². The molecule has 0 fully saturated rings. The number of ketones is 1. The molecule has 1 amide bonds. The summed E-state index contributed by atoms with van der Waals surface area (Å²) < 4.78 is 0. The summed E-state index contributed by atoms with van der Waals surface area (Å²) >= 11 is 7.31. The fraction of sp³-hybridized carbons (Fsp3) is 0.130. The maximum atomic E-state index is 13.1. The predicted molar refractivity (Wildman–Crippen MR) is 114 cm³/mol. The quantitative estimate of drug-likeness (QED) is 0.553. The number of hydrogen-bond acceptors (Lipinski definition) is 4. The van der Waals surface area contributed by atoms with Crippen LogP contribution in [-0.4, -0.2) is 28.2 Å². The van der Waals surface area contributed by atoms with Crippen LogP contribution in [0.25, 0.3) is 0 Å². The molecule has 1 atom stereocenters. The van der Waals surface area contributed by atoms with Gasteiger partial charge in [-0.3, -0.25) is 9.59 Å². The first-order chi connectivity index (χ1) is 14.1. The van der Waals surface area contributed by atoms with Crippen molar-refractivity contribution in [3.8, 4) is 0 Å². The molecule has 6 heteroatoms. The molecule has 2 heterocycles. The van der Waals surface area contributed by atoms with E-state index in [1.165, 1.54) is 11.3 Å². The number of halogens is 1. The predicted octanol–water partition coefficient (Wildman–Crippen LogP) is 5.22. The zero-order chi connectivity index (χ0) is 20.4. The van der Waals surface area contributed by atoms with Crippen LogP contribution in [0.4, 0.5) is 0 Å². The van der Waals surface area contributed by atoms with Crippen LogP contribution >= 0.6 is 22.9 Å². The number of carbonyl (C=O) groups excluding carboxylic acids is 2. The Morgan fingerprint density at radius 1 is 1.03 bits per heavy atom. The highest BCUT2D eigenvalue weighted by molar-refractivity contribution is 7.12. The topological polar surface area (TPSA) is 57.6 Å². The molecule has 0 spiro atoms. The Labute approximate surface area is 177 Å². The van der Waals surface area contributed by atoms with Crippen molar-refractivity contribution in [3.63, 3.8) is 0 Å². The summed E-state index contributed by atoms with van der Waals surface area (Å²) in [6, 6.07) is 19.6. The highest BCUT2D eigenvalue weighted by Crippen LogP contribution is 2.39. The molecule has 0 bridgehead atoms. The summed E-state index contributed by atoms with van der Waals surface area (Å²) in [7, 11) is 0. The third-order valence-electron chi connectivity index (χ3n) is 4.96. The van der Waals surface area contributed by atoms with Gasteiger partial charge < -0.3 is 10.0 Å². The summed E-state index contributed by atoms with van der Waals surface area (Å²) in [5.41, 5.74) is 1.93. The van der Waals surface area contributed by atoms with Gasteiger partial charge in [0.2, 0.25) is 5.78 Å². The van der Waals surface area contributed by atoms with Gasteiger partial charge >= 0.3 is 0 Å². The van der Waals surface area contributed by atoms with Crippen molar-refractivity contribution in [1.29, 1.82) is 0 Å². The smallest absolute Gasteiger partial charge is 0.290 e. The van der Waals surface area contributed by atoms with Crippen LogP contribution in [0.3, 0.4) is 0 Å². The second-order valence-electron chi connectivity index (χ2n) is 6.76. The van der Waals surface area contributed by atoms with Crippen molar-refractivity contribution in [3.05, 3.63) is 104 Å². The maximum Gasteiger partial charge on any atom is 0.290 e. The monoisotopic (exact) mass is 423 g/mol. The van der Waals surface area contributed by atoms with Gasteiger partial charge in [0.25, 0.3) is 5.91 Å². The molecule has 0 radical (unpaired) electrons. The van der Waals surface area contributed by atoms with E-state index in [9.17, 15) is 14.7 Å². The second kappa shape index (κ2) is 8.23. The molecule has 1 aliphatic heterocycles. The van der Waals surface area contributed by atoms with E-state index in [0.717, 1.165) is 11.1 Å². The van der Waals surface area contributed by atoms with Crippen LogP contribution in [0.5, 0.6) is 0 Å². The van der Waals surface area contributed by atoms with Gasteiger partial charge in [0.15, 0.2) is 5.76 Å². The van der Waals surface area contributed by atoms with E-state index < -0.39 is 17.7 Å². The molecule has 0 saturated carbocycles. The lowest BCUT2D eigenvalue weighted by Crippen LogP contribution is -2.33. The number of Topliss-reactive ketones (excluding diaryl/α,β-unsaturated/α-hetero) is 1. The Balaban J connectivity index is 1.71. The maximum absolute atomic E-state index is 13.1. The number of benzene rings is 2. The SMILES string of the molecule is O=C(C1=C(O)C(=O)N(CCc2ccccc2)[C@@H]1c1ccc(Cl)cc1)c1cccs1. The van der Waals surface area contributed by atoms with E-state index in [-0.39, 0.29) is 11.4 Å². The minimum absolute atomic E-state index is 0.118. The molecule has 29 heavy (non-hydrogen) atoms. The van der Waals surface area contributed by atoms with E-state index >= 15 is 0 Å². The summed E-state index contributed by atoms with van der Waals surface area (Å²) in [4.78, 5) is 28.1. The number of aliphatic hydroxyl groups excluding tert-OH is 1. The van der Waals surface area contributed by atoms with Gasteiger partial charge in [0, 0.05) is 11.6 Å². The van der Waals surface area contributed by atoms with Crippen molar-refractivity contribution in [2.45, 2.75) is 12.5 Å². The number of carbonyl (C=O) groups is 2. The lowest BCUT2D eigenvalue weighted by molar-refractivity contribution is -0.129. The van der Waals surface area contributed by atoms with E-state index in [0.29, 0.717) is 22.9 Å². The number of hydrogen-bond donors (Lipinski definition) is 1. The van der Waals surface area contributed by atoms with E-state index in [4.69, 9.17) is 11.6 Å². The minimum atomic E-state index is -0.655. The zero-order valence-electron chi connectivity index (χ0n) is 15.4. The van der Waals surface area contributed by atoms with E-state index in [1.54, 1.807) is 46.7 Å². The molecular formula is C23H18ClNO3S. The molecule has 1 N–H and O–H groups in total. The lowest BCUT2D eigenvalue weighted by Gasteiger charge is -2.27. The molecular weight excluding hydrogens is 406 g/mol. The second-order valence-corrected chi connectivity index (χ2v) is 8.14. The van der Waals surface area contributed by atoms with E-state index in [1.807, 2.05) is 30.3 Å². The molecule has 0 saturated heterocycles. The molecule has 4 rings (SSSR count). The van der Waals surface area contributed by atoms with Crippen molar-refractivity contribution < 1.29 is 14.7 Å². The summed E-state index contributed by atoms with van der Waals surface area (Å²) in [6.07, 6.45) is 0.615. The minimum Gasteiger partial charge on any atom is -0.503 e. The number of amides is 1. The van der Waals surface area contributed by atoms with Crippen LogP contribution < -0.4 is 0 Å². The molecule has 0 unspecified atom stereocenters. The normalized spacial score (nSPS) is 16.5. The van der Waals surface area contributed by atoms with Gasteiger partial charge in [-0.25, -0.2) is 0 Å². The first-order valence-electron chi connectivity index (χ1n) is 9.18. The third kappa shape index (κ3) is 3.84. The summed E-state index contributed by atoms with van der Waals surface area (Å²) in [5.74, 6) is -1.33. The van der Waals surface area contributed by atoms with Crippen LogP contribution in [0.2, 0.25) is 5.02 Å². The third-order valence-corrected chi connectivity index (χ3v) is 6.08. The first-order valence-corrected chi connectivity index (χ1v) is 10.4. The average molecular weight is 424 g/mol. The van der Waals surface area contributed by atoms with Crippen molar-refractivity contribution in [2.24, 2.45) is 0 Å². The number of nitrogens with zero attached hydrogens (tertiary/aromatic N) is 1. The largest absolute Gasteiger partial charge is 0.503 e. The molecule has 3 aromatic rings. The Hall–Kier alpha value is -2.89. The highest BCUT2D eigenvalue weighted by Gasteiger charge is 2.43. The Morgan fingerprint density at radius 2 is 1.76 bits per heavy atom. The fourth-order valence-corrected chi connectivity index (χ4v) is 4.35. The van der Waals surface area contributed by atoms with Gasteiger partial charge in [0.1, 0.15) is 0 Å². The molecule has 4 nitrogen and oxygen atoms in total. The van der Waals surface area contributed by atoms with Crippen LogP contribution in [0.15, 0.2) is 83.4 Å². The van der Waals surface area contributed by atoms with Crippen molar-refractivity contribution in [2.75, 3.05) is 6.54 Å². The van der Waals surface area contributed by atoms with Crippen LogP contribution in [-0.2, 0) is 11.2 Å². The van der Waals surface area contributed by atoms with Crippen molar-refractivity contribution >= 4 is 34.6 Å². The van der Waals surface area contributed by atoms with Gasteiger partial charge in [-0.2, -0.15) is 0 Å². The average Bonchev–Trinajstić information content (AvgIpc) is 3.36.